The molecular formula is C9H18N4O4. The van der Waals surface area contributed by atoms with Gasteiger partial charge in [-0.15, -0.1) is 0 Å². The van der Waals surface area contributed by atoms with Crippen LogP contribution in [0.2, 0.25) is 0 Å². The third-order valence-electron chi connectivity index (χ3n) is 2.41. The molecular weight excluding hydrogens is 228 g/mol. The van der Waals surface area contributed by atoms with Crippen molar-refractivity contribution in [2.45, 2.75) is 12.2 Å². The van der Waals surface area contributed by atoms with Crippen molar-refractivity contribution < 1.29 is 19.8 Å². The Morgan fingerprint density at radius 2 is 1.47 bits per heavy atom. The zero-order valence-electron chi connectivity index (χ0n) is 9.40. The summed E-state index contributed by atoms with van der Waals surface area (Å²) in [6, 6.07) is -0.390. The van der Waals surface area contributed by atoms with Gasteiger partial charge in [-0.1, -0.05) is 0 Å². The van der Waals surface area contributed by atoms with Crippen LogP contribution in [0.15, 0.2) is 0 Å². The van der Waals surface area contributed by atoms with E-state index in [-0.39, 0.29) is 0 Å². The molecule has 0 aromatic heterocycles. The highest BCUT2D eigenvalue weighted by molar-refractivity contribution is 5.74. The monoisotopic (exact) mass is 246 g/mol. The lowest BCUT2D eigenvalue weighted by Gasteiger charge is -2.20. The number of hydrogen-bond acceptors (Lipinski definition) is 6. The Morgan fingerprint density at radius 1 is 0.882 bits per heavy atom. The molecule has 1 unspecified atom stereocenters. The highest BCUT2D eigenvalue weighted by atomic mass is 16.4. The molecule has 6 N–H and O–H groups in total. The zero-order valence-corrected chi connectivity index (χ0v) is 9.40. The van der Waals surface area contributed by atoms with Gasteiger partial charge >= 0.3 is 11.9 Å². The molecule has 0 spiro atoms. The van der Waals surface area contributed by atoms with E-state index >= 15 is 0 Å². The Kier molecular flexibility index (Phi) is 5.84. The highest BCUT2D eigenvalue weighted by Gasteiger charge is 2.19. The molecule has 8 heteroatoms. The molecule has 2 aliphatic rings. The summed E-state index contributed by atoms with van der Waals surface area (Å²) in [5.74, 6) is -1.61. The van der Waals surface area contributed by atoms with Crippen molar-refractivity contribution in [3.8, 4) is 0 Å². The minimum atomic E-state index is -0.831. The molecule has 98 valence electrons. The van der Waals surface area contributed by atoms with Crippen LogP contribution in [0.3, 0.4) is 0 Å². The van der Waals surface area contributed by atoms with Crippen LogP contribution in [0.5, 0.6) is 0 Å². The largest absolute Gasteiger partial charge is 0.480 e. The normalized spacial score (nSPS) is 24.8. The van der Waals surface area contributed by atoms with Crippen molar-refractivity contribution in [2.24, 2.45) is 0 Å². The predicted molar refractivity (Wildman–Crippen MR) is 59.7 cm³/mol. The molecule has 1 atom stereocenters. The maximum atomic E-state index is 10.3. The highest BCUT2D eigenvalue weighted by Crippen LogP contribution is 1.85. The fraction of sp³-hybridized carbons (Fsp3) is 0.778. The van der Waals surface area contributed by atoms with E-state index in [9.17, 15) is 9.59 Å². The van der Waals surface area contributed by atoms with Gasteiger partial charge in [0.25, 0.3) is 0 Å². The first-order valence-corrected chi connectivity index (χ1v) is 5.47. The Labute approximate surface area is 98.8 Å². The lowest BCUT2D eigenvalue weighted by atomic mass is 10.2. The molecule has 2 fully saturated rings. The number of carbonyl (C=O) groups is 2. The van der Waals surface area contributed by atoms with Crippen LogP contribution in [-0.4, -0.2) is 67.1 Å². The smallest absolute Gasteiger partial charge is 0.335 e. The van der Waals surface area contributed by atoms with Crippen LogP contribution in [0.1, 0.15) is 0 Å². The third kappa shape index (κ3) is 5.09. The van der Waals surface area contributed by atoms with Crippen LogP contribution in [-0.2, 0) is 9.59 Å². The second-order valence-corrected chi connectivity index (χ2v) is 3.73. The van der Waals surface area contributed by atoms with Crippen LogP contribution in [0, 0.1) is 0 Å². The quantitative estimate of drug-likeness (QED) is 0.309. The lowest BCUT2D eigenvalue weighted by molar-refractivity contribution is -0.140. The van der Waals surface area contributed by atoms with Crippen molar-refractivity contribution >= 4 is 11.9 Å². The lowest BCUT2D eigenvalue weighted by Crippen LogP contribution is -2.52. The zero-order chi connectivity index (χ0) is 12.7. The Balaban J connectivity index is 0.000000171. The molecule has 0 bridgehead atoms. The minimum absolute atomic E-state index is 0.390. The summed E-state index contributed by atoms with van der Waals surface area (Å²) < 4.78 is 0. The van der Waals surface area contributed by atoms with Crippen molar-refractivity contribution in [3.05, 3.63) is 0 Å². The minimum Gasteiger partial charge on any atom is -0.480 e. The van der Waals surface area contributed by atoms with Crippen molar-refractivity contribution in [2.75, 3.05) is 32.7 Å². The summed E-state index contributed by atoms with van der Waals surface area (Å²) in [6.07, 6.45) is -0.519. The maximum absolute atomic E-state index is 10.3. The second-order valence-electron chi connectivity index (χ2n) is 3.73. The van der Waals surface area contributed by atoms with Gasteiger partial charge in [0, 0.05) is 32.7 Å². The van der Waals surface area contributed by atoms with E-state index in [1.807, 2.05) is 0 Å². The molecule has 0 aromatic rings. The summed E-state index contributed by atoms with van der Waals surface area (Å²) in [5, 5.41) is 28.0. The number of nitrogens with one attached hydrogen (secondary N) is 4. The molecule has 0 radical (unpaired) electrons. The molecule has 2 saturated heterocycles. The number of carboxylic acid groups (broad SMARTS) is 2. The fourth-order valence-electron chi connectivity index (χ4n) is 1.51. The summed E-state index contributed by atoms with van der Waals surface area (Å²) >= 11 is 0. The van der Waals surface area contributed by atoms with E-state index < -0.39 is 24.1 Å². The van der Waals surface area contributed by atoms with Gasteiger partial charge in [-0.2, -0.15) is 0 Å². The van der Waals surface area contributed by atoms with Crippen LogP contribution < -0.4 is 21.3 Å². The number of piperazine rings is 1. The average molecular weight is 246 g/mol. The van der Waals surface area contributed by atoms with Gasteiger partial charge in [-0.3, -0.25) is 15.4 Å². The first kappa shape index (κ1) is 13.8. The van der Waals surface area contributed by atoms with Gasteiger partial charge in [0.15, 0.2) is 6.17 Å². The van der Waals surface area contributed by atoms with E-state index in [1.165, 1.54) is 0 Å². The van der Waals surface area contributed by atoms with Gasteiger partial charge in [-0.25, -0.2) is 4.79 Å². The Hall–Kier alpha value is -1.22. The SMILES string of the molecule is O=C(O)C1CNCCN1.O=C(O)C1NCCN1. The third-order valence-corrected chi connectivity index (χ3v) is 2.41. The van der Waals surface area contributed by atoms with E-state index in [2.05, 4.69) is 21.3 Å². The predicted octanol–water partition coefficient (Wildman–Crippen LogP) is -2.78. The van der Waals surface area contributed by atoms with Crippen LogP contribution in [0.25, 0.3) is 0 Å². The molecule has 0 amide bonds. The first-order chi connectivity index (χ1) is 8.11. The van der Waals surface area contributed by atoms with Crippen LogP contribution in [0.4, 0.5) is 0 Å². The van der Waals surface area contributed by atoms with Gasteiger partial charge in [0.1, 0.15) is 6.04 Å². The molecule has 2 aliphatic heterocycles. The molecule has 17 heavy (non-hydrogen) atoms. The number of aliphatic carboxylic acids is 2. The average Bonchev–Trinajstić information content (AvgIpc) is 2.84. The van der Waals surface area contributed by atoms with E-state index in [1.54, 1.807) is 0 Å². The van der Waals surface area contributed by atoms with Crippen molar-refractivity contribution in [3.63, 3.8) is 0 Å². The molecule has 8 nitrogen and oxygen atoms in total. The molecule has 0 aliphatic carbocycles. The number of rotatable bonds is 2. The molecule has 2 rings (SSSR count). The topological polar surface area (TPSA) is 123 Å². The Morgan fingerprint density at radius 3 is 1.76 bits per heavy atom. The number of carboxylic acids is 2. The summed E-state index contributed by atoms with van der Waals surface area (Å²) in [7, 11) is 0. The summed E-state index contributed by atoms with van der Waals surface area (Å²) in [6.45, 7) is 3.64. The van der Waals surface area contributed by atoms with E-state index in [4.69, 9.17) is 10.2 Å². The standard InChI is InChI=1S/C5H10N2O2.C4H8N2O2/c8-5(9)4-3-6-1-2-7-4;7-4(8)3-5-1-2-6-3/h4,6-7H,1-3H2,(H,8,9);3,5-6H,1-2H2,(H,7,8). The molecule has 0 aromatic carbocycles. The van der Waals surface area contributed by atoms with E-state index in [0.29, 0.717) is 6.54 Å². The van der Waals surface area contributed by atoms with E-state index in [0.717, 1.165) is 26.2 Å². The van der Waals surface area contributed by atoms with Crippen LogP contribution >= 0.6 is 0 Å². The molecule has 0 saturated carbocycles. The van der Waals surface area contributed by atoms with Gasteiger partial charge in [-0.05, 0) is 0 Å². The molecule has 2 heterocycles. The van der Waals surface area contributed by atoms with Gasteiger partial charge < -0.3 is 20.8 Å². The number of hydrogen-bond donors (Lipinski definition) is 6. The Bertz CT molecular complexity index is 262. The van der Waals surface area contributed by atoms with Gasteiger partial charge in [0.2, 0.25) is 0 Å². The van der Waals surface area contributed by atoms with Crippen molar-refractivity contribution in [1.29, 1.82) is 0 Å². The maximum Gasteiger partial charge on any atom is 0.335 e. The van der Waals surface area contributed by atoms with Crippen molar-refractivity contribution in [1.82, 2.24) is 21.3 Å². The fourth-order valence-corrected chi connectivity index (χ4v) is 1.51. The van der Waals surface area contributed by atoms with Gasteiger partial charge in [0.05, 0.1) is 0 Å². The summed E-state index contributed by atoms with van der Waals surface area (Å²) in [5.41, 5.74) is 0. The first-order valence-electron chi connectivity index (χ1n) is 5.47. The second kappa shape index (κ2) is 7.17. The summed E-state index contributed by atoms with van der Waals surface area (Å²) in [4.78, 5) is 20.3.